The molecule has 1 N–H and O–H groups in total. The number of hydrogen-bond acceptors (Lipinski definition) is 5. The minimum Gasteiger partial charge on any atom is -0.261 e. The fourth-order valence-electron chi connectivity index (χ4n) is 3.05. The van der Waals surface area contributed by atoms with Crippen LogP contribution in [0.5, 0.6) is 0 Å². The van der Waals surface area contributed by atoms with Crippen LogP contribution in [0.2, 0.25) is 0 Å². The molecule has 6 heteroatoms. The lowest BCUT2D eigenvalue weighted by molar-refractivity contribution is -1.92. The zero-order chi connectivity index (χ0) is 20.2. The van der Waals surface area contributed by atoms with Crippen LogP contribution in [0.15, 0.2) is 24.4 Å². The Hall–Kier alpha value is -0.720. The first-order valence-electron chi connectivity index (χ1n) is 10.5. The standard InChI is InChI=1S/C21H37N.ClHO4/c1-2-3-4-5-6-7-8-9-10-11-12-13-14-15-18-21-19-16-17-20-22-21;2-1(3,4)5/h16-17,19-20H,2-15,18H2,1H3;(H,2,3,4,5). The number of aryl methyl sites for hydroxylation is 1. The van der Waals surface area contributed by atoms with Crippen molar-refractivity contribution >= 4 is 0 Å². The molecule has 0 spiro atoms. The highest BCUT2D eigenvalue weighted by molar-refractivity contribution is 5.03. The van der Waals surface area contributed by atoms with Crippen molar-refractivity contribution < 1.29 is 28.9 Å². The number of pyridine rings is 1. The van der Waals surface area contributed by atoms with Crippen LogP contribution in [-0.4, -0.2) is 9.64 Å². The van der Waals surface area contributed by atoms with Crippen LogP contribution in [0.1, 0.15) is 103 Å². The fourth-order valence-corrected chi connectivity index (χ4v) is 3.05. The number of nitrogens with zero attached hydrogens (tertiary/aromatic N) is 1. The third-order valence-electron chi connectivity index (χ3n) is 4.51. The molecule has 0 amide bonds. The highest BCUT2D eigenvalue weighted by Crippen LogP contribution is 2.13. The van der Waals surface area contributed by atoms with Crippen molar-refractivity contribution in [1.82, 2.24) is 4.98 Å². The molecule has 1 aromatic rings. The normalized spacial score (nSPS) is 11.1. The minimum atomic E-state index is -4.69. The van der Waals surface area contributed by atoms with Gasteiger partial charge in [-0.3, -0.25) is 4.98 Å². The summed E-state index contributed by atoms with van der Waals surface area (Å²) in [4.78, 5) is 4.38. The van der Waals surface area contributed by atoms with Crippen LogP contribution in [0, 0.1) is 10.2 Å². The molecule has 1 aromatic heterocycles. The van der Waals surface area contributed by atoms with Gasteiger partial charge in [-0.2, -0.15) is 14.0 Å². The van der Waals surface area contributed by atoms with Gasteiger partial charge in [0.25, 0.3) is 0 Å². The molecule has 0 fully saturated rings. The summed E-state index contributed by atoms with van der Waals surface area (Å²) >= 11 is 0. The molecule has 5 nitrogen and oxygen atoms in total. The molecule has 0 saturated carbocycles. The third kappa shape index (κ3) is 25.3. The largest absolute Gasteiger partial charge is 0.261 e. The van der Waals surface area contributed by atoms with Gasteiger partial charge in [-0.05, 0) is 25.0 Å². The number of unbranched alkanes of at least 4 members (excludes halogenated alkanes) is 13. The third-order valence-corrected chi connectivity index (χ3v) is 4.51. The van der Waals surface area contributed by atoms with Crippen molar-refractivity contribution in [3.8, 4) is 0 Å². The molecule has 1 rings (SSSR count). The van der Waals surface area contributed by atoms with E-state index in [2.05, 4.69) is 24.0 Å². The van der Waals surface area contributed by atoms with E-state index in [9.17, 15) is 0 Å². The van der Waals surface area contributed by atoms with E-state index in [4.69, 9.17) is 18.6 Å². The number of aromatic nitrogens is 1. The predicted octanol–water partition coefficient (Wildman–Crippen LogP) is 2.98. The van der Waals surface area contributed by atoms with E-state index in [-0.39, 0.29) is 0 Å². The monoisotopic (exact) mass is 403 g/mol. The zero-order valence-corrected chi connectivity index (χ0v) is 17.7. The summed E-state index contributed by atoms with van der Waals surface area (Å²) in [6.45, 7) is 2.29. The lowest BCUT2D eigenvalue weighted by atomic mass is 10.0. The molecule has 1 heterocycles. The van der Waals surface area contributed by atoms with Gasteiger partial charge in [-0.25, -0.2) is 0 Å². The van der Waals surface area contributed by atoms with Crippen LogP contribution in [0.25, 0.3) is 0 Å². The molecule has 0 aliphatic carbocycles. The number of hydrogen-bond donors (Lipinski definition) is 1. The molecule has 0 bridgehead atoms. The Balaban J connectivity index is 0.00000119. The van der Waals surface area contributed by atoms with Crippen molar-refractivity contribution in [3.05, 3.63) is 30.1 Å². The second kappa shape index (κ2) is 18.6. The predicted molar refractivity (Wildman–Crippen MR) is 100 cm³/mol. The smallest absolute Gasteiger partial charge is 0.0777 e. The molecule has 0 aliphatic heterocycles. The second-order valence-corrected chi connectivity index (χ2v) is 7.86. The average molecular weight is 404 g/mol. The first-order chi connectivity index (χ1) is 12.9. The van der Waals surface area contributed by atoms with E-state index in [1.807, 2.05) is 12.3 Å². The maximum Gasteiger partial charge on any atom is 0.0777 e. The van der Waals surface area contributed by atoms with E-state index >= 15 is 0 Å². The molecular weight excluding hydrogens is 366 g/mol. The van der Waals surface area contributed by atoms with Gasteiger partial charge in [-0.1, -0.05) is 96.5 Å². The first kappa shape index (κ1) is 26.3. The van der Waals surface area contributed by atoms with Crippen LogP contribution in [-0.2, 0) is 6.42 Å². The summed E-state index contributed by atoms with van der Waals surface area (Å²) in [6, 6.07) is 6.23. The SMILES string of the molecule is CCCCCCCCCCCCCCCCc1ccccn1.[O-][Cl+3]([O-])([O-])O. The van der Waals surface area contributed by atoms with Gasteiger partial charge in [0.15, 0.2) is 0 Å². The zero-order valence-electron chi connectivity index (χ0n) is 16.9. The lowest BCUT2D eigenvalue weighted by Crippen LogP contribution is -2.58. The first-order valence-corrected chi connectivity index (χ1v) is 11.7. The van der Waals surface area contributed by atoms with E-state index in [0.717, 1.165) is 6.42 Å². The molecule has 0 unspecified atom stereocenters. The Kier molecular flexibility index (Phi) is 18.1. The summed E-state index contributed by atoms with van der Waals surface area (Å²) in [7, 11) is -4.69. The molecule has 158 valence electrons. The van der Waals surface area contributed by atoms with Crippen molar-refractivity contribution in [1.29, 1.82) is 0 Å². The van der Waals surface area contributed by atoms with Gasteiger partial charge in [0, 0.05) is 11.9 Å². The van der Waals surface area contributed by atoms with Crippen molar-refractivity contribution in [2.45, 2.75) is 103 Å². The van der Waals surface area contributed by atoms with Crippen molar-refractivity contribution in [3.63, 3.8) is 0 Å². The quantitative estimate of drug-likeness (QED) is 0.453. The summed E-state index contributed by atoms with van der Waals surface area (Å²) < 4.78 is 32.7. The average Bonchev–Trinajstić information content (AvgIpc) is 2.61. The van der Waals surface area contributed by atoms with E-state index in [1.165, 1.54) is 95.6 Å². The fraction of sp³-hybridized carbons (Fsp3) is 0.762. The summed E-state index contributed by atoms with van der Waals surface area (Å²) in [5, 5.41) is 0. The molecule has 0 radical (unpaired) electrons. The lowest BCUT2D eigenvalue weighted by Gasteiger charge is -2.03. The summed E-state index contributed by atoms with van der Waals surface area (Å²) in [6.07, 6.45) is 23.0. The van der Waals surface area contributed by atoms with Crippen LogP contribution < -0.4 is 14.0 Å². The van der Waals surface area contributed by atoms with Gasteiger partial charge in [0.2, 0.25) is 0 Å². The van der Waals surface area contributed by atoms with E-state index < -0.39 is 10.2 Å². The van der Waals surface area contributed by atoms with Gasteiger partial charge in [0.05, 0.1) is 14.9 Å². The van der Waals surface area contributed by atoms with Gasteiger partial charge in [0.1, 0.15) is 0 Å². The molecule has 0 atom stereocenters. The van der Waals surface area contributed by atoms with Crippen LogP contribution in [0.3, 0.4) is 0 Å². The Labute approximate surface area is 167 Å². The van der Waals surface area contributed by atoms with Gasteiger partial charge < -0.3 is 0 Å². The molecule has 0 aliphatic rings. The van der Waals surface area contributed by atoms with Gasteiger partial charge in [-0.15, -0.1) is 0 Å². The molecular formula is C21H38ClNO4. The Morgan fingerprint density at radius 2 is 1.15 bits per heavy atom. The number of rotatable bonds is 15. The maximum absolute atomic E-state index is 8.60. The minimum absolute atomic E-state index is 1.15. The summed E-state index contributed by atoms with van der Waals surface area (Å²) in [5.74, 6) is 0. The second-order valence-electron chi connectivity index (χ2n) is 7.06. The highest BCUT2D eigenvalue weighted by atomic mass is 35.7. The van der Waals surface area contributed by atoms with Crippen molar-refractivity contribution in [2.75, 3.05) is 0 Å². The highest BCUT2D eigenvalue weighted by Gasteiger charge is 1.99. The summed E-state index contributed by atoms with van der Waals surface area (Å²) in [5.41, 5.74) is 1.25. The molecule has 0 saturated heterocycles. The van der Waals surface area contributed by atoms with Crippen LogP contribution >= 0.6 is 0 Å². The van der Waals surface area contributed by atoms with E-state index in [0.29, 0.717) is 0 Å². The Bertz CT molecular complexity index is 406. The number of halogens is 1. The Morgan fingerprint density at radius 1 is 0.741 bits per heavy atom. The van der Waals surface area contributed by atoms with Crippen molar-refractivity contribution in [2.24, 2.45) is 0 Å². The Morgan fingerprint density at radius 3 is 1.52 bits per heavy atom. The maximum atomic E-state index is 8.60. The van der Waals surface area contributed by atoms with Crippen LogP contribution in [0.4, 0.5) is 0 Å². The molecule has 0 aromatic carbocycles. The molecule has 27 heavy (non-hydrogen) atoms. The van der Waals surface area contributed by atoms with Gasteiger partial charge >= 0.3 is 0 Å². The topological polar surface area (TPSA) is 102 Å². The van der Waals surface area contributed by atoms with E-state index in [1.54, 1.807) is 0 Å².